The van der Waals surface area contributed by atoms with Crippen molar-refractivity contribution in [2.45, 2.75) is 216 Å². The average molecular weight is 1340 g/mol. The first-order valence-corrected chi connectivity index (χ1v) is 31.8. The zero-order chi connectivity index (χ0) is 67.4. The van der Waals surface area contributed by atoms with Gasteiger partial charge in [0.05, 0.1) is 12.6 Å². The van der Waals surface area contributed by atoms with Gasteiger partial charge in [0.15, 0.2) is 0 Å². The number of halogens is 1. The van der Waals surface area contributed by atoms with Gasteiger partial charge in [0.25, 0.3) is 0 Å². The molecule has 494 valence electrons. The normalized spacial score (nSPS) is 26.4. The number of hydrogen-bond donors (Lipinski definition) is 5. The third-order valence-electron chi connectivity index (χ3n) is 16.1. The van der Waals surface area contributed by atoms with Gasteiger partial charge in [0, 0.05) is 71.9 Å². The van der Waals surface area contributed by atoms with Crippen molar-refractivity contribution in [3.05, 3.63) is 12.2 Å². The molecule has 0 saturated carbocycles. The van der Waals surface area contributed by atoms with E-state index in [1.54, 1.807) is 53.7 Å². The van der Waals surface area contributed by atoms with Crippen molar-refractivity contribution in [3.63, 3.8) is 0 Å². The molecule has 24 heteroatoms. The molecule has 12 atom stereocenters. The first-order valence-electron chi connectivity index (χ1n) is 30.7. The second-order valence-electron chi connectivity index (χ2n) is 26.2. The second kappa shape index (κ2) is 36.6. The van der Waals surface area contributed by atoms with Gasteiger partial charge in [0.1, 0.15) is 60.4 Å². The maximum absolute atomic E-state index is 15.2. The fraction of sp³-hybridized carbons (Fsp3) is 0.762. The highest BCUT2D eigenvalue weighted by Gasteiger charge is 2.45. The van der Waals surface area contributed by atoms with Crippen molar-refractivity contribution in [2.24, 2.45) is 41.4 Å². The van der Waals surface area contributed by atoms with E-state index < -0.39 is 156 Å². The van der Waals surface area contributed by atoms with Gasteiger partial charge in [-0.3, -0.25) is 52.7 Å². The zero-order valence-corrected chi connectivity index (χ0v) is 58.6. The molecule has 0 radical (unpaired) electrons. The molecule has 23 nitrogen and oxygen atoms in total. The van der Waals surface area contributed by atoms with Gasteiger partial charge in [-0.1, -0.05) is 109 Å². The predicted octanol–water partition coefficient (Wildman–Crippen LogP) is 3.65. The molecule has 1 aliphatic heterocycles. The molecule has 0 aliphatic carbocycles. The molecular formula is C63H108IN11O12. The summed E-state index contributed by atoms with van der Waals surface area (Å²) >= 11 is 1.88. The van der Waals surface area contributed by atoms with E-state index in [9.17, 15) is 48.3 Å². The van der Waals surface area contributed by atoms with E-state index in [1.807, 2.05) is 78.0 Å². The molecule has 11 amide bonds. The van der Waals surface area contributed by atoms with Crippen molar-refractivity contribution >= 4 is 87.6 Å². The van der Waals surface area contributed by atoms with Crippen LogP contribution in [0.2, 0.25) is 0 Å². The average Bonchev–Trinajstić information content (AvgIpc) is 1.87. The minimum absolute atomic E-state index is 0.00813. The molecule has 1 heterocycles. The van der Waals surface area contributed by atoms with E-state index in [0.717, 1.165) is 9.80 Å². The maximum atomic E-state index is 15.2. The number of likely N-dealkylation sites (N-methyl/N-ethyl adjacent to an activating group) is 7. The van der Waals surface area contributed by atoms with Gasteiger partial charge in [0.2, 0.25) is 65.0 Å². The Morgan fingerprint density at radius 1 is 0.494 bits per heavy atom. The molecule has 0 aromatic carbocycles. The highest BCUT2D eigenvalue weighted by Crippen LogP contribution is 2.26. The van der Waals surface area contributed by atoms with Crippen LogP contribution in [0.15, 0.2) is 12.2 Å². The number of rotatable bonds is 15. The quantitative estimate of drug-likeness (QED) is 0.116. The summed E-state index contributed by atoms with van der Waals surface area (Å²) in [6.07, 6.45) is 2.58. The van der Waals surface area contributed by atoms with E-state index in [2.05, 4.69) is 31.1 Å². The standard InChI is InChI=1S/C63H108IN11O12/c1-24-44-59(83)69(17)34-49(76)70(18)45(30-35(2)3)56(80)68-50(39(10)11)62(86)71(19)46(31-36(4)5)55(79)65-42(15)54(78)66-43(16)58(82)72(20)47(32-37(6)7)60(84)73(21)48(33-38(8)9)61(85)74(22)51(40(12)13)63(87)75(23)52(57(81)67-44)53(77)41(14)28-26-25-27-29-64/h25-26,35-48,50-53,77H,24,28,30-34H2,1-23H3,(H,65,79)(H,66,78)(H,67,81)(H,68,80)/b26-25+/t41-,42+,43-,44+,45+,46+,47+,48+,50+,51+,52+,53-/m1/s1. The fourth-order valence-corrected chi connectivity index (χ4v) is 10.9. The summed E-state index contributed by atoms with van der Waals surface area (Å²) < 4.78 is 2.73. The molecule has 0 unspecified atom stereocenters. The van der Waals surface area contributed by atoms with E-state index in [0.29, 0.717) is 0 Å². The fourth-order valence-electron chi connectivity index (χ4n) is 10.7. The molecule has 0 spiro atoms. The van der Waals surface area contributed by atoms with Crippen LogP contribution in [0.3, 0.4) is 0 Å². The lowest BCUT2D eigenvalue weighted by Gasteiger charge is -2.41. The summed E-state index contributed by atoms with van der Waals surface area (Å²) in [5.74, 6) is -7.12. The van der Waals surface area contributed by atoms with Crippen LogP contribution in [0.1, 0.15) is 149 Å². The van der Waals surface area contributed by atoms with E-state index in [4.69, 9.17) is 0 Å². The molecular weight excluding hydrogens is 1230 g/mol. The first-order chi connectivity index (χ1) is 40.2. The summed E-state index contributed by atoms with van der Waals surface area (Å²) in [4.78, 5) is 169. The number of allylic oxidation sites excluding steroid dienone is 2. The molecule has 0 aromatic rings. The molecule has 1 aliphatic rings. The number of hydrogen-bond acceptors (Lipinski definition) is 12. The van der Waals surface area contributed by atoms with E-state index >= 15 is 9.59 Å². The van der Waals surface area contributed by atoms with Gasteiger partial charge in [-0.15, -0.1) is 0 Å². The Kier molecular flexibility index (Phi) is 33.3. The third-order valence-corrected chi connectivity index (χ3v) is 16.4. The van der Waals surface area contributed by atoms with Crippen LogP contribution in [0.4, 0.5) is 0 Å². The largest absolute Gasteiger partial charge is 0.390 e. The molecule has 1 fully saturated rings. The SMILES string of the molecule is CC[C@@H]1NC(=O)[C@H]([C@H](O)[C@H](C)C/C=C/C#CI)N(C)C(=O)[C@H](C(C)C)N(C)C(=O)[C@H](CC(C)C)N(C)C(=O)[C@H](CC(C)C)N(C)C(=O)[C@@H](C)NC(=O)[C@H](C)NC(=O)[C@H](CC(C)C)N(C)C(=O)[C@H](C(C)C)NC(=O)[C@H](CC(C)C)N(C)C(=O)CN(C)C1=O. The van der Waals surface area contributed by atoms with Gasteiger partial charge >= 0.3 is 0 Å². The Balaban J connectivity index is 4.35. The molecule has 1 saturated heterocycles. The molecule has 0 bridgehead atoms. The Bertz CT molecular complexity index is 2480. The Morgan fingerprint density at radius 2 is 0.920 bits per heavy atom. The summed E-state index contributed by atoms with van der Waals surface area (Å²) in [5, 5.41) is 23.2. The molecule has 0 aromatic heterocycles. The smallest absolute Gasteiger partial charge is 0.246 e. The van der Waals surface area contributed by atoms with Crippen molar-refractivity contribution < 1.29 is 57.8 Å². The highest BCUT2D eigenvalue weighted by molar-refractivity contribution is 14.1. The van der Waals surface area contributed by atoms with E-state index in [-0.39, 0.29) is 62.2 Å². The van der Waals surface area contributed by atoms with Gasteiger partial charge in [-0.2, -0.15) is 0 Å². The number of nitrogens with one attached hydrogen (secondary N) is 4. The van der Waals surface area contributed by atoms with E-state index in [1.165, 1.54) is 87.7 Å². The van der Waals surface area contributed by atoms with Crippen molar-refractivity contribution in [3.8, 4) is 9.85 Å². The lowest BCUT2D eigenvalue weighted by Crippen LogP contribution is -2.63. The van der Waals surface area contributed by atoms with Crippen molar-refractivity contribution in [2.75, 3.05) is 55.9 Å². The number of nitrogens with zero attached hydrogens (tertiary/aromatic N) is 7. The predicted molar refractivity (Wildman–Crippen MR) is 345 cm³/mol. The molecule has 1 rings (SSSR count). The second-order valence-corrected chi connectivity index (χ2v) is 26.7. The zero-order valence-electron chi connectivity index (χ0n) is 56.4. The maximum Gasteiger partial charge on any atom is 0.246 e. The molecule has 5 N–H and O–H groups in total. The monoisotopic (exact) mass is 1340 g/mol. The topological polar surface area (TPSA) is 279 Å². The summed E-state index contributed by atoms with van der Waals surface area (Å²) in [6, 6.07) is -12.5. The highest BCUT2D eigenvalue weighted by atomic mass is 127. The number of carbonyl (C=O) groups excluding carboxylic acids is 11. The number of aliphatic hydroxyl groups excluding tert-OH is 1. The van der Waals surface area contributed by atoms with Crippen molar-refractivity contribution in [1.82, 2.24) is 55.6 Å². The Hall–Kier alpha value is -5.84. The van der Waals surface area contributed by atoms with Crippen LogP contribution in [0.25, 0.3) is 0 Å². The van der Waals surface area contributed by atoms with Crippen LogP contribution < -0.4 is 21.3 Å². The number of aliphatic hydroxyl groups is 1. The van der Waals surface area contributed by atoms with Crippen LogP contribution in [0, 0.1) is 51.3 Å². The van der Waals surface area contributed by atoms with Crippen LogP contribution in [0.5, 0.6) is 0 Å². The lowest BCUT2D eigenvalue weighted by molar-refractivity contribution is -0.157. The summed E-state index contributed by atoms with van der Waals surface area (Å²) in [6.45, 7) is 27.4. The number of carbonyl (C=O) groups is 11. The summed E-state index contributed by atoms with van der Waals surface area (Å²) in [5.41, 5.74) is 0. The Labute approximate surface area is 533 Å². The molecule has 87 heavy (non-hydrogen) atoms. The van der Waals surface area contributed by atoms with Crippen LogP contribution >= 0.6 is 22.6 Å². The van der Waals surface area contributed by atoms with Gasteiger partial charge in [-0.25, -0.2) is 0 Å². The van der Waals surface area contributed by atoms with Crippen molar-refractivity contribution in [1.29, 1.82) is 0 Å². The minimum atomic E-state index is -1.65. The minimum Gasteiger partial charge on any atom is -0.390 e. The van der Waals surface area contributed by atoms with Crippen LogP contribution in [-0.4, -0.2) is 227 Å². The Morgan fingerprint density at radius 3 is 1.38 bits per heavy atom. The first kappa shape index (κ1) is 79.2. The summed E-state index contributed by atoms with van der Waals surface area (Å²) in [7, 11) is 9.88. The van der Waals surface area contributed by atoms with Crippen LogP contribution in [-0.2, 0) is 52.7 Å². The third kappa shape index (κ3) is 22.9. The van der Waals surface area contributed by atoms with Gasteiger partial charge < -0.3 is 60.7 Å². The number of amides is 11. The lowest BCUT2D eigenvalue weighted by atomic mass is 9.91. The van der Waals surface area contributed by atoms with Gasteiger partial charge in [-0.05, 0) is 104 Å².